The Morgan fingerprint density at radius 2 is 1.80 bits per heavy atom. The molecule has 4 aromatic rings. The Balaban J connectivity index is 1.66. The predicted octanol–water partition coefficient (Wildman–Crippen LogP) is 6.06. The Hall–Kier alpha value is -4.04. The van der Waals surface area contributed by atoms with Gasteiger partial charge in [0.25, 0.3) is 5.89 Å². The van der Waals surface area contributed by atoms with Gasteiger partial charge in [0.15, 0.2) is 5.11 Å². The average molecular weight is 487 g/mol. The zero-order valence-corrected chi connectivity index (χ0v) is 20.3. The first-order valence-electron chi connectivity index (χ1n) is 11.1. The number of allylic oxidation sites excluding steroid dienone is 1. The molecule has 0 saturated carbocycles. The number of halogens is 1. The summed E-state index contributed by atoms with van der Waals surface area (Å²) < 4.78 is 25.3. The molecule has 1 unspecified atom stereocenters. The van der Waals surface area contributed by atoms with E-state index >= 15 is 0 Å². The molecule has 6 nitrogen and oxygen atoms in total. The number of aromatic nitrogens is 2. The fourth-order valence-electron chi connectivity index (χ4n) is 4.17. The highest BCUT2D eigenvalue weighted by molar-refractivity contribution is 7.80. The molecular formula is C27H23FN4O2S. The van der Waals surface area contributed by atoms with Crippen molar-refractivity contribution < 1.29 is 13.7 Å². The van der Waals surface area contributed by atoms with Gasteiger partial charge in [-0.15, -0.1) is 0 Å². The molecule has 0 saturated heterocycles. The Bertz CT molecular complexity index is 1430. The normalized spacial score (nSPS) is 15.8. The molecule has 0 spiro atoms. The molecule has 0 radical (unpaired) electrons. The summed E-state index contributed by atoms with van der Waals surface area (Å²) in [6.45, 7) is 3.96. The summed E-state index contributed by atoms with van der Waals surface area (Å²) in [6, 6.07) is 21.4. The lowest BCUT2D eigenvalue weighted by molar-refractivity contribution is 0.404. The third-order valence-corrected chi connectivity index (χ3v) is 6.24. The van der Waals surface area contributed by atoms with Crippen molar-refractivity contribution >= 4 is 28.6 Å². The van der Waals surface area contributed by atoms with E-state index in [0.717, 1.165) is 22.5 Å². The van der Waals surface area contributed by atoms with Crippen molar-refractivity contribution in [3.8, 4) is 17.1 Å². The average Bonchev–Trinajstić information content (AvgIpc) is 3.34. The number of nitrogens with one attached hydrogen (secondary N) is 1. The molecule has 5 rings (SSSR count). The maximum absolute atomic E-state index is 14.2. The lowest BCUT2D eigenvalue weighted by Crippen LogP contribution is -2.46. The van der Waals surface area contributed by atoms with Crippen LogP contribution in [-0.2, 0) is 0 Å². The standard InChI is InChI=1S/C27H23FN4O2S/c1-16-10-12-18(13-11-16)25-30-26(34-31-25)23-17(2)32(21-8-5-9-22(15-21)33-3)27(35)29-24(23)19-6-4-7-20(28)14-19/h4-15,24H,1-3H3,(H,29,35). The molecule has 1 aromatic heterocycles. The number of hydrogen-bond acceptors (Lipinski definition) is 5. The molecule has 0 fully saturated rings. The second kappa shape index (κ2) is 9.31. The van der Waals surface area contributed by atoms with Crippen LogP contribution in [0.1, 0.15) is 30.0 Å². The van der Waals surface area contributed by atoms with Crippen LogP contribution in [0.4, 0.5) is 10.1 Å². The van der Waals surface area contributed by atoms with Crippen molar-refractivity contribution in [1.29, 1.82) is 0 Å². The number of aryl methyl sites for hydroxylation is 1. The molecule has 1 N–H and O–H groups in total. The van der Waals surface area contributed by atoms with E-state index in [1.807, 2.05) is 73.3 Å². The first-order chi connectivity index (χ1) is 16.9. The lowest BCUT2D eigenvalue weighted by Gasteiger charge is -2.37. The van der Waals surface area contributed by atoms with Crippen molar-refractivity contribution in [2.75, 3.05) is 12.0 Å². The van der Waals surface area contributed by atoms with E-state index < -0.39 is 6.04 Å². The quantitative estimate of drug-likeness (QED) is 0.344. The molecule has 8 heteroatoms. The summed E-state index contributed by atoms with van der Waals surface area (Å²) in [5.41, 5.74) is 4.99. The van der Waals surface area contributed by atoms with Gasteiger partial charge >= 0.3 is 0 Å². The number of nitrogens with zero attached hydrogens (tertiary/aromatic N) is 3. The number of methoxy groups -OCH3 is 1. The summed E-state index contributed by atoms with van der Waals surface area (Å²) in [4.78, 5) is 6.59. The van der Waals surface area contributed by atoms with E-state index in [4.69, 9.17) is 26.5 Å². The predicted molar refractivity (Wildman–Crippen MR) is 137 cm³/mol. The number of hydrogen-bond donors (Lipinski definition) is 1. The molecule has 1 atom stereocenters. The summed E-state index contributed by atoms with van der Waals surface area (Å²) in [6.07, 6.45) is 0. The Morgan fingerprint density at radius 1 is 1.03 bits per heavy atom. The Kier molecular flexibility index (Phi) is 6.05. The first-order valence-corrected chi connectivity index (χ1v) is 11.5. The monoisotopic (exact) mass is 486 g/mol. The van der Waals surface area contributed by atoms with E-state index in [0.29, 0.717) is 33.7 Å². The molecule has 3 aromatic carbocycles. The van der Waals surface area contributed by atoms with Crippen LogP contribution in [0.5, 0.6) is 5.75 Å². The highest BCUT2D eigenvalue weighted by Gasteiger charge is 2.35. The maximum atomic E-state index is 14.2. The summed E-state index contributed by atoms with van der Waals surface area (Å²) in [7, 11) is 1.62. The van der Waals surface area contributed by atoms with E-state index in [2.05, 4.69) is 10.5 Å². The molecule has 0 aliphatic carbocycles. The van der Waals surface area contributed by atoms with E-state index in [1.54, 1.807) is 13.2 Å². The van der Waals surface area contributed by atoms with Crippen molar-refractivity contribution in [1.82, 2.24) is 15.5 Å². The van der Waals surface area contributed by atoms with Crippen molar-refractivity contribution in [2.24, 2.45) is 0 Å². The first kappa shape index (κ1) is 22.7. The van der Waals surface area contributed by atoms with Gasteiger partial charge in [0.1, 0.15) is 11.6 Å². The fourth-order valence-corrected chi connectivity index (χ4v) is 4.53. The van der Waals surface area contributed by atoms with Gasteiger partial charge in [0, 0.05) is 17.3 Å². The van der Waals surface area contributed by atoms with Crippen LogP contribution in [0.25, 0.3) is 17.0 Å². The summed E-state index contributed by atoms with van der Waals surface area (Å²) in [5, 5.41) is 8.03. The fraction of sp³-hybridized carbons (Fsp3) is 0.148. The lowest BCUT2D eigenvalue weighted by atomic mass is 9.94. The molecule has 2 heterocycles. The molecule has 0 bridgehead atoms. The van der Waals surface area contributed by atoms with Crippen LogP contribution in [0.2, 0.25) is 0 Å². The molecule has 1 aliphatic heterocycles. The summed E-state index contributed by atoms with van der Waals surface area (Å²) in [5.74, 6) is 1.16. The number of anilines is 1. The number of rotatable bonds is 5. The second-order valence-corrected chi connectivity index (χ2v) is 8.65. The van der Waals surface area contributed by atoms with Crippen molar-refractivity contribution in [3.63, 3.8) is 0 Å². The topological polar surface area (TPSA) is 63.4 Å². The molecule has 0 amide bonds. The third kappa shape index (κ3) is 4.40. The Morgan fingerprint density at radius 3 is 2.54 bits per heavy atom. The van der Waals surface area contributed by atoms with Crippen LogP contribution in [0.15, 0.2) is 83.0 Å². The molecule has 176 valence electrons. The van der Waals surface area contributed by atoms with Crippen molar-refractivity contribution in [3.05, 3.63) is 101 Å². The van der Waals surface area contributed by atoms with Crippen LogP contribution >= 0.6 is 12.2 Å². The van der Waals surface area contributed by atoms with Crippen LogP contribution in [-0.4, -0.2) is 22.4 Å². The van der Waals surface area contributed by atoms with Gasteiger partial charge in [-0.2, -0.15) is 4.98 Å². The van der Waals surface area contributed by atoms with Gasteiger partial charge in [-0.3, -0.25) is 4.90 Å². The van der Waals surface area contributed by atoms with Crippen LogP contribution in [0.3, 0.4) is 0 Å². The van der Waals surface area contributed by atoms with Gasteiger partial charge in [-0.25, -0.2) is 4.39 Å². The highest BCUT2D eigenvalue weighted by atomic mass is 32.1. The number of benzene rings is 3. The van der Waals surface area contributed by atoms with E-state index in [1.165, 1.54) is 12.1 Å². The van der Waals surface area contributed by atoms with E-state index in [-0.39, 0.29) is 5.82 Å². The van der Waals surface area contributed by atoms with Crippen LogP contribution < -0.4 is 15.0 Å². The molecule has 1 aliphatic rings. The van der Waals surface area contributed by atoms with Crippen molar-refractivity contribution in [2.45, 2.75) is 19.9 Å². The van der Waals surface area contributed by atoms with Gasteiger partial charge in [0.05, 0.1) is 24.4 Å². The molecular weight excluding hydrogens is 463 g/mol. The van der Waals surface area contributed by atoms with E-state index in [9.17, 15) is 4.39 Å². The SMILES string of the molecule is COc1cccc(N2C(=S)NC(c3cccc(F)c3)C(c3nc(-c4ccc(C)cc4)no3)=C2C)c1. The zero-order valence-electron chi connectivity index (χ0n) is 19.4. The second-order valence-electron chi connectivity index (χ2n) is 8.26. The summed E-state index contributed by atoms with van der Waals surface area (Å²) >= 11 is 5.75. The Labute approximate surface area is 208 Å². The minimum absolute atomic E-state index is 0.329. The smallest absolute Gasteiger partial charge is 0.258 e. The number of ether oxygens (including phenoxy) is 1. The minimum Gasteiger partial charge on any atom is -0.497 e. The highest BCUT2D eigenvalue weighted by Crippen LogP contribution is 2.39. The molecule has 35 heavy (non-hydrogen) atoms. The van der Waals surface area contributed by atoms with Gasteiger partial charge in [-0.1, -0.05) is 53.2 Å². The van der Waals surface area contributed by atoms with Gasteiger partial charge < -0.3 is 14.6 Å². The largest absolute Gasteiger partial charge is 0.497 e. The van der Waals surface area contributed by atoms with Gasteiger partial charge in [-0.05, 0) is 55.9 Å². The maximum Gasteiger partial charge on any atom is 0.258 e. The third-order valence-electron chi connectivity index (χ3n) is 5.94. The minimum atomic E-state index is -0.480. The van der Waals surface area contributed by atoms with Gasteiger partial charge in [0.2, 0.25) is 5.82 Å². The van der Waals surface area contributed by atoms with Crippen LogP contribution in [0, 0.1) is 12.7 Å². The zero-order chi connectivity index (χ0) is 24.5. The number of thiocarbonyl (C=S) groups is 1.